The lowest BCUT2D eigenvalue weighted by atomic mass is 10.1. The lowest BCUT2D eigenvalue weighted by molar-refractivity contribution is -0.0102. The van der Waals surface area contributed by atoms with Crippen LogP contribution in [0.4, 0.5) is 29.1 Å². The van der Waals surface area contributed by atoms with E-state index in [9.17, 15) is 30.8 Å². The molecule has 3 N–H and O–H groups in total. The maximum absolute atomic E-state index is 13.9. The van der Waals surface area contributed by atoms with Crippen molar-refractivity contribution in [2.24, 2.45) is 5.14 Å². The lowest BCUT2D eigenvalue weighted by Crippen LogP contribution is -2.29. The van der Waals surface area contributed by atoms with E-state index in [1.165, 1.54) is 17.0 Å². The van der Waals surface area contributed by atoms with Crippen molar-refractivity contribution in [1.82, 2.24) is 9.97 Å². The first-order valence-electron chi connectivity index (χ1n) is 10.2. The number of amides is 1. The molecule has 0 unspecified atom stereocenters. The molecule has 4 rings (SSSR count). The molecular weight excluding hydrogens is 478 g/mol. The van der Waals surface area contributed by atoms with Crippen molar-refractivity contribution in [3.63, 3.8) is 0 Å². The summed E-state index contributed by atoms with van der Waals surface area (Å²) in [7, 11) is -4.14. The van der Waals surface area contributed by atoms with Gasteiger partial charge < -0.3 is 10.2 Å². The Morgan fingerprint density at radius 1 is 1.09 bits per heavy atom. The highest BCUT2D eigenvalue weighted by Gasteiger charge is 2.33. The van der Waals surface area contributed by atoms with Gasteiger partial charge in [-0.1, -0.05) is 0 Å². The minimum Gasteiger partial charge on any atom is -0.356 e. The number of carbonyl (C=O) groups excluding carboxylic acids is 1. The summed E-state index contributed by atoms with van der Waals surface area (Å²) in [6.45, 7) is 0.0587. The Hall–Kier alpha value is -3.32. The highest BCUT2D eigenvalue weighted by Crippen LogP contribution is 2.32. The van der Waals surface area contributed by atoms with E-state index in [2.05, 4.69) is 15.3 Å². The second-order valence-electron chi connectivity index (χ2n) is 7.90. The fourth-order valence-corrected chi connectivity index (χ4v) is 4.18. The van der Waals surface area contributed by atoms with Gasteiger partial charge >= 0.3 is 0 Å². The molecule has 0 radical (unpaired) electrons. The molecule has 1 saturated heterocycles. The van der Waals surface area contributed by atoms with Crippen LogP contribution >= 0.6 is 0 Å². The van der Waals surface area contributed by atoms with Gasteiger partial charge in [0.25, 0.3) is 15.9 Å². The van der Waals surface area contributed by atoms with E-state index in [0.29, 0.717) is 0 Å². The first-order valence-corrected chi connectivity index (χ1v) is 11.7. The van der Waals surface area contributed by atoms with Gasteiger partial charge in [0.15, 0.2) is 16.7 Å². The van der Waals surface area contributed by atoms with Crippen LogP contribution in [0.5, 0.6) is 0 Å². The Balaban J connectivity index is 1.77. The van der Waals surface area contributed by atoms with Crippen LogP contribution in [0, 0.1) is 11.6 Å². The molecule has 13 heteroatoms. The molecule has 34 heavy (non-hydrogen) atoms. The van der Waals surface area contributed by atoms with E-state index in [1.807, 2.05) is 0 Å². The summed E-state index contributed by atoms with van der Waals surface area (Å²) in [5.41, 5.74) is 0.00216. The summed E-state index contributed by atoms with van der Waals surface area (Å²) >= 11 is 0. The average molecular weight is 497 g/mol. The number of halogens is 4. The van der Waals surface area contributed by atoms with Gasteiger partial charge in [0.2, 0.25) is 5.92 Å². The molecule has 1 aromatic carbocycles. The van der Waals surface area contributed by atoms with Gasteiger partial charge in [0.1, 0.15) is 5.82 Å². The van der Waals surface area contributed by atoms with Crippen LogP contribution < -0.4 is 15.4 Å². The van der Waals surface area contributed by atoms with E-state index >= 15 is 0 Å². The zero-order valence-corrected chi connectivity index (χ0v) is 18.4. The average Bonchev–Trinajstić information content (AvgIpc) is 2.94. The second kappa shape index (κ2) is 8.80. The maximum Gasteiger partial charge on any atom is 0.259 e. The molecule has 180 valence electrons. The highest BCUT2D eigenvalue weighted by atomic mass is 32.2. The van der Waals surface area contributed by atoms with Crippen LogP contribution in [-0.2, 0) is 10.0 Å². The molecule has 0 aliphatic carbocycles. The number of fused-ring (bicyclic) bond motifs is 1. The van der Waals surface area contributed by atoms with Crippen molar-refractivity contribution in [1.29, 1.82) is 0 Å². The van der Waals surface area contributed by atoms with E-state index in [4.69, 9.17) is 5.14 Å². The lowest BCUT2D eigenvalue weighted by Gasteiger charge is -2.24. The topological polar surface area (TPSA) is 118 Å². The number of anilines is 2. The van der Waals surface area contributed by atoms with E-state index < -0.39 is 44.9 Å². The van der Waals surface area contributed by atoms with E-state index in [1.54, 1.807) is 0 Å². The smallest absolute Gasteiger partial charge is 0.259 e. The van der Waals surface area contributed by atoms with Crippen LogP contribution in [0.2, 0.25) is 0 Å². The SMILES string of the molecule is NS(=O)(=O)c1cc(NC(=O)c2cc3cc(F)c(F)cc3nc2N2CCCC(F)(F)CC2)ccn1. The summed E-state index contributed by atoms with van der Waals surface area (Å²) in [5, 5.41) is 7.20. The van der Waals surface area contributed by atoms with Crippen molar-refractivity contribution < 1.29 is 30.8 Å². The molecule has 1 amide bonds. The molecule has 1 aliphatic heterocycles. The molecule has 0 bridgehead atoms. The van der Waals surface area contributed by atoms with Crippen molar-refractivity contribution in [2.45, 2.75) is 30.2 Å². The van der Waals surface area contributed by atoms with Crippen LogP contribution in [0.25, 0.3) is 10.9 Å². The number of nitrogens with zero attached hydrogens (tertiary/aromatic N) is 3. The maximum atomic E-state index is 13.9. The third kappa shape index (κ3) is 5.09. The van der Waals surface area contributed by atoms with Crippen LogP contribution in [0.15, 0.2) is 41.6 Å². The molecule has 1 fully saturated rings. The zero-order chi connectivity index (χ0) is 24.7. The van der Waals surface area contributed by atoms with Crippen LogP contribution in [-0.4, -0.2) is 43.3 Å². The summed E-state index contributed by atoms with van der Waals surface area (Å²) in [6, 6.07) is 5.38. The molecule has 0 atom stereocenters. The quantitative estimate of drug-likeness (QED) is 0.534. The molecular formula is C21H19F4N5O3S. The predicted octanol–water partition coefficient (Wildman–Crippen LogP) is 3.43. The third-order valence-electron chi connectivity index (χ3n) is 5.38. The molecule has 0 saturated carbocycles. The number of nitrogens with one attached hydrogen (secondary N) is 1. The largest absolute Gasteiger partial charge is 0.356 e. The molecule has 3 heterocycles. The molecule has 3 aromatic rings. The molecule has 0 spiro atoms. The number of sulfonamides is 1. The number of nitrogens with two attached hydrogens (primary N) is 1. The van der Waals surface area contributed by atoms with Gasteiger partial charge in [-0.3, -0.25) is 4.79 Å². The van der Waals surface area contributed by atoms with Crippen molar-refractivity contribution in [2.75, 3.05) is 23.3 Å². The Morgan fingerprint density at radius 3 is 2.56 bits per heavy atom. The number of hydrogen-bond acceptors (Lipinski definition) is 6. The first kappa shape index (κ1) is 23.8. The number of primary sulfonamides is 1. The summed E-state index contributed by atoms with van der Waals surface area (Å²) < 4.78 is 78.5. The predicted molar refractivity (Wildman–Crippen MR) is 116 cm³/mol. The second-order valence-corrected chi connectivity index (χ2v) is 9.41. The van der Waals surface area contributed by atoms with Gasteiger partial charge in [-0.25, -0.2) is 41.1 Å². The Morgan fingerprint density at radius 2 is 1.82 bits per heavy atom. The number of pyridine rings is 2. The molecule has 1 aliphatic rings. The number of rotatable bonds is 4. The highest BCUT2D eigenvalue weighted by molar-refractivity contribution is 7.89. The Bertz CT molecular complexity index is 1380. The van der Waals surface area contributed by atoms with Gasteiger partial charge in [-0.15, -0.1) is 0 Å². The zero-order valence-electron chi connectivity index (χ0n) is 17.6. The third-order valence-corrected chi connectivity index (χ3v) is 6.19. The number of benzene rings is 1. The van der Waals surface area contributed by atoms with Gasteiger partial charge in [-0.05, 0) is 24.6 Å². The minimum atomic E-state index is -4.14. The molecule has 8 nitrogen and oxygen atoms in total. The summed E-state index contributed by atoms with van der Waals surface area (Å²) in [6.07, 6.45) is 0.469. The van der Waals surface area contributed by atoms with Crippen molar-refractivity contribution in [3.8, 4) is 0 Å². The number of carbonyl (C=O) groups is 1. The van der Waals surface area contributed by atoms with Crippen molar-refractivity contribution >= 4 is 38.3 Å². The summed E-state index contributed by atoms with van der Waals surface area (Å²) in [4.78, 5) is 22.6. The minimum absolute atomic E-state index is 0.0226. The molecule has 2 aromatic heterocycles. The number of aromatic nitrogens is 2. The normalized spacial score (nSPS) is 16.3. The Kier molecular flexibility index (Phi) is 6.16. The van der Waals surface area contributed by atoms with E-state index in [0.717, 1.165) is 24.4 Å². The number of hydrogen-bond donors (Lipinski definition) is 2. The monoisotopic (exact) mass is 497 g/mol. The fraction of sp³-hybridized carbons (Fsp3) is 0.286. The van der Waals surface area contributed by atoms with Crippen LogP contribution in [0.1, 0.15) is 29.6 Å². The fourth-order valence-electron chi connectivity index (χ4n) is 3.68. The van der Waals surface area contributed by atoms with Crippen molar-refractivity contribution in [3.05, 3.63) is 53.7 Å². The van der Waals surface area contributed by atoms with Gasteiger partial charge in [0.05, 0.1) is 11.1 Å². The van der Waals surface area contributed by atoms with E-state index in [-0.39, 0.29) is 53.9 Å². The van der Waals surface area contributed by atoms with Crippen LogP contribution in [0.3, 0.4) is 0 Å². The first-order chi connectivity index (χ1) is 15.9. The number of alkyl halides is 2. The summed E-state index contributed by atoms with van der Waals surface area (Å²) in [5.74, 6) is -5.90. The standard InChI is InChI=1S/C21H19F4N5O3S/c22-15-9-12-8-14(20(31)28-13-2-5-27-18(10-13)34(26,32)33)19(29-17(12)11-16(15)23)30-6-1-3-21(24,25)4-7-30/h2,5,8-11H,1,3-4,6-7H2,(H2,26,32,33)(H,27,28,31). The van der Waals surface area contributed by atoms with Gasteiger partial charge in [-0.2, -0.15) is 0 Å². The Labute approximate surface area is 191 Å². The van der Waals surface area contributed by atoms with Gasteiger partial charge in [0, 0.05) is 55.3 Å².